The van der Waals surface area contributed by atoms with Gasteiger partial charge in [0.1, 0.15) is 18.1 Å². The lowest BCUT2D eigenvalue weighted by molar-refractivity contribution is -0.143. The van der Waals surface area contributed by atoms with Crippen LogP contribution < -0.4 is 21.7 Å². The van der Waals surface area contributed by atoms with Crippen LogP contribution in [0.1, 0.15) is 39.8 Å². The van der Waals surface area contributed by atoms with E-state index in [1.807, 2.05) is 13.8 Å². The van der Waals surface area contributed by atoms with Crippen molar-refractivity contribution in [3.05, 3.63) is 18.2 Å². The van der Waals surface area contributed by atoms with E-state index in [9.17, 15) is 24.3 Å². The standard InChI is InChI=1S/C20H34N6O5S/c1-5-11(4)15(21)19(29)25-14(8-32)18(28)24-13(6-12-7-22-9-23-12)17(27)26-16(10(2)3)20(30)31/h7,9-11,13-16,32H,5-6,8,21H2,1-4H3,(H,22,23)(H,24,28)(H,25,29)(H,26,27)(H,30,31). The van der Waals surface area contributed by atoms with Crippen molar-refractivity contribution in [2.75, 3.05) is 5.75 Å². The summed E-state index contributed by atoms with van der Waals surface area (Å²) in [7, 11) is 0. The Balaban J connectivity index is 2.96. The lowest BCUT2D eigenvalue weighted by atomic mass is 9.99. The number of nitrogens with two attached hydrogens (primary N) is 1. The Morgan fingerprint density at radius 2 is 1.69 bits per heavy atom. The quantitative estimate of drug-likeness (QED) is 0.189. The van der Waals surface area contributed by atoms with Crippen molar-refractivity contribution in [3.63, 3.8) is 0 Å². The molecule has 1 aromatic heterocycles. The van der Waals surface area contributed by atoms with Gasteiger partial charge < -0.3 is 31.8 Å². The summed E-state index contributed by atoms with van der Waals surface area (Å²) in [6, 6.07) is -4.05. The number of carbonyl (C=O) groups is 4. The number of carboxylic acids is 1. The Hall–Kier alpha value is -2.60. The lowest BCUT2D eigenvalue weighted by Gasteiger charge is -2.26. The van der Waals surface area contributed by atoms with Gasteiger partial charge in [-0.2, -0.15) is 12.6 Å². The maximum Gasteiger partial charge on any atom is 0.326 e. The summed E-state index contributed by atoms with van der Waals surface area (Å²) in [5, 5.41) is 17.0. The Bertz CT molecular complexity index is 773. The number of rotatable bonds is 13. The van der Waals surface area contributed by atoms with Gasteiger partial charge in [0.2, 0.25) is 17.7 Å². The molecule has 11 nitrogen and oxygen atoms in total. The predicted octanol–water partition coefficient (Wildman–Crippen LogP) is -0.550. The summed E-state index contributed by atoms with van der Waals surface area (Å²) >= 11 is 4.13. The highest BCUT2D eigenvalue weighted by molar-refractivity contribution is 7.80. The zero-order valence-electron chi connectivity index (χ0n) is 18.8. The smallest absolute Gasteiger partial charge is 0.326 e. The molecule has 0 saturated heterocycles. The molecule has 0 radical (unpaired) electrons. The second-order valence-electron chi connectivity index (χ2n) is 8.07. The van der Waals surface area contributed by atoms with Crippen molar-refractivity contribution in [2.45, 2.75) is 64.7 Å². The Labute approximate surface area is 193 Å². The van der Waals surface area contributed by atoms with Gasteiger partial charge in [-0.15, -0.1) is 0 Å². The molecule has 0 spiro atoms. The minimum atomic E-state index is -1.18. The number of thiol groups is 1. The van der Waals surface area contributed by atoms with Gasteiger partial charge in [0, 0.05) is 24.1 Å². The summed E-state index contributed by atoms with van der Waals surface area (Å²) in [5.74, 6) is -3.45. The zero-order chi connectivity index (χ0) is 24.4. The molecular weight excluding hydrogens is 436 g/mol. The number of hydrogen-bond donors (Lipinski definition) is 7. The number of nitrogens with one attached hydrogen (secondary N) is 4. The van der Waals surface area contributed by atoms with Crippen molar-refractivity contribution in [2.24, 2.45) is 17.6 Å². The number of aromatic nitrogens is 2. The van der Waals surface area contributed by atoms with Crippen LogP contribution in [0.15, 0.2) is 12.5 Å². The largest absolute Gasteiger partial charge is 0.480 e. The zero-order valence-corrected chi connectivity index (χ0v) is 19.7. The first-order valence-electron chi connectivity index (χ1n) is 10.5. The van der Waals surface area contributed by atoms with Crippen LogP contribution in [-0.2, 0) is 25.6 Å². The van der Waals surface area contributed by atoms with Crippen molar-refractivity contribution >= 4 is 36.3 Å². The Morgan fingerprint density at radius 1 is 1.09 bits per heavy atom. The van der Waals surface area contributed by atoms with Crippen LogP contribution in [-0.4, -0.2) is 68.7 Å². The third kappa shape index (κ3) is 8.15. The van der Waals surface area contributed by atoms with Crippen LogP contribution in [0, 0.1) is 11.8 Å². The second-order valence-corrected chi connectivity index (χ2v) is 8.43. The van der Waals surface area contributed by atoms with E-state index in [-0.39, 0.29) is 24.0 Å². The minimum absolute atomic E-state index is 0.0209. The average molecular weight is 471 g/mol. The van der Waals surface area contributed by atoms with Crippen LogP contribution in [0.2, 0.25) is 0 Å². The molecule has 12 heteroatoms. The molecule has 0 aliphatic carbocycles. The first-order chi connectivity index (χ1) is 15.0. The van der Waals surface area contributed by atoms with Crippen molar-refractivity contribution < 1.29 is 24.3 Å². The van der Waals surface area contributed by atoms with E-state index >= 15 is 0 Å². The highest BCUT2D eigenvalue weighted by Crippen LogP contribution is 2.07. The number of amides is 3. The number of aromatic amines is 1. The minimum Gasteiger partial charge on any atom is -0.480 e. The lowest BCUT2D eigenvalue weighted by Crippen LogP contribution is -2.59. The number of carboxylic acid groups (broad SMARTS) is 1. The van der Waals surface area contributed by atoms with Gasteiger partial charge in [0.25, 0.3) is 0 Å². The molecular formula is C20H34N6O5S. The van der Waals surface area contributed by atoms with Crippen LogP contribution in [0.25, 0.3) is 0 Å². The van der Waals surface area contributed by atoms with Crippen molar-refractivity contribution in [3.8, 4) is 0 Å². The third-order valence-corrected chi connectivity index (χ3v) is 5.58. The highest BCUT2D eigenvalue weighted by atomic mass is 32.1. The van der Waals surface area contributed by atoms with E-state index in [1.54, 1.807) is 13.8 Å². The van der Waals surface area contributed by atoms with Gasteiger partial charge in [-0.05, 0) is 11.8 Å². The first kappa shape index (κ1) is 27.4. The maximum absolute atomic E-state index is 12.8. The molecule has 0 aliphatic rings. The molecule has 3 amide bonds. The molecule has 0 fully saturated rings. The number of carbonyl (C=O) groups excluding carboxylic acids is 3. The summed E-state index contributed by atoms with van der Waals surface area (Å²) < 4.78 is 0. The Kier molecular flexibility index (Phi) is 11.2. The van der Waals surface area contributed by atoms with E-state index in [0.717, 1.165) is 0 Å². The molecule has 1 heterocycles. The normalized spacial score (nSPS) is 15.8. The van der Waals surface area contributed by atoms with Gasteiger partial charge in [-0.3, -0.25) is 14.4 Å². The van der Waals surface area contributed by atoms with E-state index in [1.165, 1.54) is 12.5 Å². The number of hydrogen-bond acceptors (Lipinski definition) is 7. The van der Waals surface area contributed by atoms with Crippen molar-refractivity contribution in [1.29, 1.82) is 0 Å². The van der Waals surface area contributed by atoms with Crippen LogP contribution in [0.3, 0.4) is 0 Å². The fraction of sp³-hybridized carbons (Fsp3) is 0.650. The van der Waals surface area contributed by atoms with Gasteiger partial charge in [0.05, 0.1) is 12.4 Å². The fourth-order valence-corrected chi connectivity index (χ4v) is 3.10. The molecule has 0 aromatic carbocycles. The number of aliphatic carboxylic acids is 1. The Morgan fingerprint density at radius 3 is 2.16 bits per heavy atom. The van der Waals surface area contributed by atoms with Gasteiger partial charge in [-0.1, -0.05) is 34.1 Å². The molecule has 0 saturated carbocycles. The summed E-state index contributed by atoms with van der Waals surface area (Å²) in [6.45, 7) is 7.06. The average Bonchev–Trinajstić information content (AvgIpc) is 3.26. The molecule has 0 bridgehead atoms. The SMILES string of the molecule is CCC(C)C(N)C(=O)NC(CS)C(=O)NC(Cc1cnc[nH]1)C(=O)NC(C(=O)O)C(C)C. The van der Waals surface area contributed by atoms with Gasteiger partial charge >= 0.3 is 5.97 Å². The molecule has 5 unspecified atom stereocenters. The number of imidazole rings is 1. The molecule has 180 valence electrons. The summed E-state index contributed by atoms with van der Waals surface area (Å²) in [4.78, 5) is 56.3. The van der Waals surface area contributed by atoms with Gasteiger partial charge in [0.15, 0.2) is 0 Å². The molecule has 0 aliphatic heterocycles. The van der Waals surface area contributed by atoms with Crippen LogP contribution in [0.4, 0.5) is 0 Å². The van der Waals surface area contributed by atoms with E-state index < -0.39 is 47.9 Å². The van der Waals surface area contributed by atoms with E-state index in [4.69, 9.17) is 5.73 Å². The van der Waals surface area contributed by atoms with Crippen LogP contribution >= 0.6 is 12.6 Å². The summed E-state index contributed by atoms with van der Waals surface area (Å²) in [6.07, 6.45) is 3.65. The first-order valence-corrected chi connectivity index (χ1v) is 11.1. The van der Waals surface area contributed by atoms with Crippen LogP contribution in [0.5, 0.6) is 0 Å². The van der Waals surface area contributed by atoms with E-state index in [2.05, 4.69) is 38.5 Å². The van der Waals surface area contributed by atoms with Gasteiger partial charge in [-0.25, -0.2) is 9.78 Å². The molecule has 1 rings (SSSR count). The monoisotopic (exact) mass is 470 g/mol. The third-order valence-electron chi connectivity index (χ3n) is 5.22. The number of H-pyrrole nitrogens is 1. The van der Waals surface area contributed by atoms with Crippen molar-refractivity contribution in [1.82, 2.24) is 25.9 Å². The molecule has 5 atom stereocenters. The topological polar surface area (TPSA) is 179 Å². The predicted molar refractivity (Wildman–Crippen MR) is 122 cm³/mol. The highest BCUT2D eigenvalue weighted by Gasteiger charge is 2.31. The molecule has 32 heavy (non-hydrogen) atoms. The summed E-state index contributed by atoms with van der Waals surface area (Å²) in [5.41, 5.74) is 6.49. The number of nitrogens with zero attached hydrogens (tertiary/aromatic N) is 1. The molecule has 1 aromatic rings. The fourth-order valence-electron chi connectivity index (χ4n) is 2.84. The second kappa shape index (κ2) is 13.1. The van der Waals surface area contributed by atoms with E-state index in [0.29, 0.717) is 12.1 Å². The maximum atomic E-state index is 12.8. The molecule has 7 N–H and O–H groups in total.